The molecular formula is C28H29N7O2. The van der Waals surface area contributed by atoms with Gasteiger partial charge in [0.25, 0.3) is 5.91 Å². The Morgan fingerprint density at radius 1 is 1.03 bits per heavy atom. The zero-order valence-electron chi connectivity index (χ0n) is 20.4. The van der Waals surface area contributed by atoms with Crippen LogP contribution in [0.1, 0.15) is 28.9 Å². The molecule has 1 aromatic carbocycles. The Kier molecular flexibility index (Phi) is 7.23. The third-order valence-electron chi connectivity index (χ3n) is 6.20. The third-order valence-corrected chi connectivity index (χ3v) is 6.20. The molecule has 1 fully saturated rings. The summed E-state index contributed by atoms with van der Waals surface area (Å²) in [7, 11) is 0. The van der Waals surface area contributed by atoms with Gasteiger partial charge in [-0.15, -0.1) is 0 Å². The van der Waals surface area contributed by atoms with E-state index in [-0.39, 0.29) is 17.4 Å². The van der Waals surface area contributed by atoms with Gasteiger partial charge in [0.2, 0.25) is 5.88 Å². The molecule has 9 nitrogen and oxygen atoms in total. The van der Waals surface area contributed by atoms with E-state index in [1.807, 2.05) is 48.5 Å². The van der Waals surface area contributed by atoms with Gasteiger partial charge in [0.05, 0.1) is 34.6 Å². The quantitative estimate of drug-likeness (QED) is 0.352. The number of rotatable bonds is 7. The number of nitrogen functional groups attached to an aromatic ring is 1. The van der Waals surface area contributed by atoms with E-state index in [9.17, 15) is 4.79 Å². The molecule has 0 radical (unpaired) electrons. The topological polar surface area (TPSA) is 132 Å². The maximum Gasteiger partial charge on any atom is 0.276 e. The first-order valence-corrected chi connectivity index (χ1v) is 12.2. The maximum atomic E-state index is 13.3. The van der Waals surface area contributed by atoms with Crippen molar-refractivity contribution < 1.29 is 9.53 Å². The van der Waals surface area contributed by atoms with Gasteiger partial charge in [0.1, 0.15) is 6.61 Å². The molecule has 5 rings (SSSR count). The minimum atomic E-state index is -0.425. The van der Waals surface area contributed by atoms with Crippen LogP contribution in [-0.4, -0.2) is 40.0 Å². The van der Waals surface area contributed by atoms with E-state index >= 15 is 0 Å². The number of hydrogen-bond acceptors (Lipinski definition) is 8. The van der Waals surface area contributed by atoms with Crippen molar-refractivity contribution in [1.82, 2.24) is 15.0 Å². The molecule has 4 aromatic rings. The molecule has 5 N–H and O–H groups in total. The third kappa shape index (κ3) is 5.84. The normalized spacial score (nSPS) is 15.3. The Morgan fingerprint density at radius 2 is 1.86 bits per heavy atom. The van der Waals surface area contributed by atoms with Gasteiger partial charge in [-0.3, -0.25) is 9.78 Å². The average Bonchev–Trinajstić information content (AvgIpc) is 2.93. The van der Waals surface area contributed by atoms with Crippen LogP contribution < -0.4 is 26.4 Å². The lowest BCUT2D eigenvalue weighted by molar-refractivity contribution is 0.102. The highest BCUT2D eigenvalue weighted by Crippen LogP contribution is 2.28. The lowest BCUT2D eigenvalue weighted by Crippen LogP contribution is -2.43. The molecule has 0 aliphatic carbocycles. The summed E-state index contributed by atoms with van der Waals surface area (Å²) >= 11 is 0. The Morgan fingerprint density at radius 3 is 2.70 bits per heavy atom. The average molecular weight is 496 g/mol. The molecule has 0 spiro atoms. The van der Waals surface area contributed by atoms with Crippen molar-refractivity contribution >= 4 is 23.0 Å². The van der Waals surface area contributed by atoms with Gasteiger partial charge in [-0.2, -0.15) is 0 Å². The van der Waals surface area contributed by atoms with Crippen molar-refractivity contribution in [3.8, 4) is 17.3 Å². The van der Waals surface area contributed by atoms with Crippen LogP contribution in [0.3, 0.4) is 0 Å². The van der Waals surface area contributed by atoms with Crippen LogP contribution in [-0.2, 0) is 6.61 Å². The molecule has 37 heavy (non-hydrogen) atoms. The Bertz CT molecular complexity index is 1380. The van der Waals surface area contributed by atoms with Crippen LogP contribution >= 0.6 is 0 Å². The Hall–Kier alpha value is -4.50. The van der Waals surface area contributed by atoms with Gasteiger partial charge in [-0.1, -0.05) is 36.4 Å². The number of aromatic nitrogens is 3. The molecule has 4 heterocycles. The van der Waals surface area contributed by atoms with E-state index < -0.39 is 5.91 Å². The summed E-state index contributed by atoms with van der Waals surface area (Å²) in [5.41, 5.74) is 16.3. The summed E-state index contributed by atoms with van der Waals surface area (Å²) in [4.78, 5) is 28.8. The number of benzene rings is 1. The fourth-order valence-corrected chi connectivity index (χ4v) is 4.33. The van der Waals surface area contributed by atoms with Crippen LogP contribution in [0.5, 0.6) is 5.88 Å². The first kappa shape index (κ1) is 24.2. The number of carbonyl (C=O) groups excluding carboxylic acids is 1. The second-order valence-corrected chi connectivity index (χ2v) is 8.96. The number of hydrogen-bond donors (Lipinski definition) is 3. The molecule has 188 valence electrons. The Labute approximate surface area is 215 Å². The molecule has 1 unspecified atom stereocenters. The fraction of sp³-hybridized carbons (Fsp3) is 0.214. The summed E-state index contributed by atoms with van der Waals surface area (Å²) in [5, 5.41) is 2.94. The maximum absolute atomic E-state index is 13.3. The molecule has 1 atom stereocenters. The molecule has 9 heteroatoms. The van der Waals surface area contributed by atoms with Crippen LogP contribution in [0, 0.1) is 0 Å². The number of pyridine rings is 3. The number of ether oxygens (including phenoxy) is 1. The number of amides is 1. The Balaban J connectivity index is 1.35. The number of anilines is 3. The number of nitrogens with zero attached hydrogens (tertiary/aromatic N) is 4. The van der Waals surface area contributed by atoms with Gasteiger partial charge < -0.3 is 26.4 Å². The lowest BCUT2D eigenvalue weighted by atomic mass is 10.1. The van der Waals surface area contributed by atoms with Crippen molar-refractivity contribution in [2.75, 3.05) is 29.0 Å². The second-order valence-electron chi connectivity index (χ2n) is 8.96. The number of nitrogens with one attached hydrogen (secondary N) is 1. The van der Waals surface area contributed by atoms with Gasteiger partial charge in [0.15, 0.2) is 5.69 Å². The van der Waals surface area contributed by atoms with Crippen molar-refractivity contribution in [3.05, 3.63) is 90.4 Å². The molecule has 0 bridgehead atoms. The van der Waals surface area contributed by atoms with Gasteiger partial charge >= 0.3 is 0 Å². The van der Waals surface area contributed by atoms with Crippen molar-refractivity contribution in [2.45, 2.75) is 25.5 Å². The van der Waals surface area contributed by atoms with Gasteiger partial charge in [0, 0.05) is 31.4 Å². The highest BCUT2D eigenvalue weighted by atomic mass is 16.5. The summed E-state index contributed by atoms with van der Waals surface area (Å²) in [5.74, 6) is 0.0390. The SMILES string of the molecule is Nc1ccc(-c2cccc(OCc3ccccc3)n2)nc1C(=O)Nc1cnccc1N1CCCC(N)C1. The van der Waals surface area contributed by atoms with Crippen LogP contribution in [0.15, 0.2) is 79.1 Å². The van der Waals surface area contributed by atoms with E-state index in [1.165, 1.54) is 0 Å². The molecule has 3 aromatic heterocycles. The minimum Gasteiger partial charge on any atom is -0.473 e. The number of carbonyl (C=O) groups is 1. The zero-order valence-corrected chi connectivity index (χ0v) is 20.4. The molecular weight excluding hydrogens is 466 g/mol. The predicted octanol–water partition coefficient (Wildman–Crippen LogP) is 3.88. The van der Waals surface area contributed by atoms with Crippen molar-refractivity contribution in [1.29, 1.82) is 0 Å². The molecule has 0 saturated carbocycles. The predicted molar refractivity (Wildman–Crippen MR) is 144 cm³/mol. The lowest BCUT2D eigenvalue weighted by Gasteiger charge is -2.33. The standard InChI is InChI=1S/C28H29N7O2/c29-20-8-5-15-35(17-20)25-13-14-31-16-24(25)34-28(36)27-21(30)11-12-23(33-27)22-9-4-10-26(32-22)37-18-19-6-2-1-3-7-19/h1-4,6-7,9-14,16,20H,5,8,15,17-18,29-30H2,(H,34,36). The van der Waals surface area contributed by atoms with E-state index in [0.717, 1.165) is 37.2 Å². The molecule has 1 aliphatic heterocycles. The van der Waals surface area contributed by atoms with Crippen molar-refractivity contribution in [2.24, 2.45) is 5.73 Å². The summed E-state index contributed by atoms with van der Waals surface area (Å²) < 4.78 is 5.85. The highest BCUT2D eigenvalue weighted by molar-refractivity contribution is 6.07. The monoisotopic (exact) mass is 495 g/mol. The van der Waals surface area contributed by atoms with Crippen molar-refractivity contribution in [3.63, 3.8) is 0 Å². The fourth-order valence-electron chi connectivity index (χ4n) is 4.33. The molecule has 1 amide bonds. The first-order chi connectivity index (χ1) is 18.1. The van der Waals surface area contributed by atoms with Crippen LogP contribution in [0.25, 0.3) is 11.4 Å². The minimum absolute atomic E-state index is 0.0967. The number of nitrogens with two attached hydrogens (primary N) is 2. The molecule has 1 saturated heterocycles. The summed E-state index contributed by atoms with van der Waals surface area (Å²) in [6.45, 7) is 1.98. The molecule has 1 aliphatic rings. The van der Waals surface area contributed by atoms with Crippen LogP contribution in [0.4, 0.5) is 17.1 Å². The van der Waals surface area contributed by atoms with E-state index in [1.54, 1.807) is 30.6 Å². The van der Waals surface area contributed by atoms with E-state index in [2.05, 4.69) is 25.2 Å². The van der Waals surface area contributed by atoms with E-state index in [0.29, 0.717) is 29.6 Å². The van der Waals surface area contributed by atoms with Gasteiger partial charge in [-0.05, 0) is 42.7 Å². The summed E-state index contributed by atoms with van der Waals surface area (Å²) in [6, 6.07) is 20.7. The summed E-state index contributed by atoms with van der Waals surface area (Å²) in [6.07, 6.45) is 5.32. The number of piperidine rings is 1. The second kappa shape index (κ2) is 11.0. The first-order valence-electron chi connectivity index (χ1n) is 12.2. The van der Waals surface area contributed by atoms with Crippen LogP contribution in [0.2, 0.25) is 0 Å². The van der Waals surface area contributed by atoms with Gasteiger partial charge in [-0.25, -0.2) is 9.97 Å². The largest absolute Gasteiger partial charge is 0.473 e. The smallest absolute Gasteiger partial charge is 0.276 e. The zero-order chi connectivity index (χ0) is 25.6. The van der Waals surface area contributed by atoms with E-state index in [4.69, 9.17) is 16.2 Å². The highest BCUT2D eigenvalue weighted by Gasteiger charge is 2.21.